The van der Waals surface area contributed by atoms with Crippen molar-refractivity contribution in [3.63, 3.8) is 0 Å². The van der Waals surface area contributed by atoms with Crippen molar-refractivity contribution in [3.05, 3.63) is 0 Å². The molecule has 0 atom stereocenters. The molecule has 0 spiro atoms. The van der Waals surface area contributed by atoms with E-state index in [9.17, 15) is 0 Å². The third-order valence-corrected chi connectivity index (χ3v) is 1.06. The Balaban J connectivity index is 2.31. The lowest BCUT2D eigenvalue weighted by Crippen LogP contribution is -2.63. The number of hydrogen-bond acceptors (Lipinski definition) is 2. The fourth-order valence-corrected chi connectivity index (χ4v) is 0.519. The summed E-state index contributed by atoms with van der Waals surface area (Å²) in [6, 6.07) is 0. The molecular formula is C4H10N2. The molecule has 1 heterocycles. The Morgan fingerprint density at radius 1 is 1.67 bits per heavy atom. The van der Waals surface area contributed by atoms with Gasteiger partial charge in [-0.2, -0.15) is 0 Å². The molecule has 1 saturated heterocycles. The Kier molecular flexibility index (Phi) is 0.648. The first-order valence-corrected chi connectivity index (χ1v) is 2.20. The Morgan fingerprint density at radius 3 is 2.00 bits per heavy atom. The summed E-state index contributed by atoms with van der Waals surface area (Å²) in [5.41, 5.74) is 5.67. The number of nitrogens with one attached hydrogen (secondary N) is 1. The van der Waals surface area contributed by atoms with E-state index in [1.165, 1.54) is 0 Å². The SMILES string of the molecule is CC1(N)CNC1. The molecule has 0 amide bonds. The van der Waals surface area contributed by atoms with Crippen LogP contribution < -0.4 is 11.1 Å². The Hall–Kier alpha value is -0.0800. The molecule has 0 aromatic carbocycles. The quantitative estimate of drug-likeness (QED) is 0.409. The van der Waals surface area contributed by atoms with Crippen LogP contribution in [0.4, 0.5) is 0 Å². The number of hydrogen-bond donors (Lipinski definition) is 2. The lowest BCUT2D eigenvalue weighted by molar-refractivity contribution is 0.309. The van der Waals surface area contributed by atoms with E-state index < -0.39 is 0 Å². The van der Waals surface area contributed by atoms with Crippen LogP contribution in [-0.2, 0) is 0 Å². The first-order chi connectivity index (χ1) is 2.71. The standard InChI is InChI=1S/C4H10N2/c1-4(5)2-6-3-4/h6H,2-3,5H2,1H3. The zero-order valence-corrected chi connectivity index (χ0v) is 3.99. The smallest absolute Gasteiger partial charge is 0.0378 e. The molecule has 1 fully saturated rings. The van der Waals surface area contributed by atoms with Gasteiger partial charge < -0.3 is 11.1 Å². The van der Waals surface area contributed by atoms with Crippen LogP contribution in [0.15, 0.2) is 0 Å². The van der Waals surface area contributed by atoms with Gasteiger partial charge >= 0.3 is 0 Å². The average Bonchev–Trinajstić information content (AvgIpc) is 1.32. The molecule has 0 aliphatic carbocycles. The fraction of sp³-hybridized carbons (Fsp3) is 1.00. The Bertz CT molecular complexity index is 52.6. The molecule has 6 heavy (non-hydrogen) atoms. The summed E-state index contributed by atoms with van der Waals surface area (Å²) in [4.78, 5) is 0. The number of nitrogens with two attached hydrogens (primary N) is 1. The molecule has 3 N–H and O–H groups in total. The molecule has 2 heteroatoms. The lowest BCUT2D eigenvalue weighted by Gasteiger charge is -2.34. The topological polar surface area (TPSA) is 38.0 Å². The summed E-state index contributed by atoms with van der Waals surface area (Å²) in [6.45, 7) is 4.00. The van der Waals surface area contributed by atoms with Crippen molar-refractivity contribution in [2.75, 3.05) is 13.1 Å². The van der Waals surface area contributed by atoms with E-state index >= 15 is 0 Å². The highest BCUT2D eigenvalue weighted by Gasteiger charge is 2.25. The van der Waals surface area contributed by atoms with Crippen molar-refractivity contribution in [2.45, 2.75) is 12.5 Å². The van der Waals surface area contributed by atoms with Crippen molar-refractivity contribution in [1.82, 2.24) is 5.32 Å². The molecule has 1 rings (SSSR count). The van der Waals surface area contributed by atoms with E-state index in [2.05, 4.69) is 5.32 Å². The molecule has 36 valence electrons. The normalized spacial score (nSPS) is 29.0. The van der Waals surface area contributed by atoms with Crippen molar-refractivity contribution < 1.29 is 0 Å². The maximum atomic E-state index is 5.56. The van der Waals surface area contributed by atoms with Crippen molar-refractivity contribution in [1.29, 1.82) is 0 Å². The molecule has 0 saturated carbocycles. The van der Waals surface area contributed by atoms with Crippen molar-refractivity contribution in [2.24, 2.45) is 5.73 Å². The third kappa shape index (κ3) is 0.533. The molecule has 0 aromatic heterocycles. The monoisotopic (exact) mass is 86.1 g/mol. The minimum absolute atomic E-state index is 0.111. The summed E-state index contributed by atoms with van der Waals surface area (Å²) in [5, 5.41) is 3.08. The van der Waals surface area contributed by atoms with Gasteiger partial charge in [-0.3, -0.25) is 0 Å². The van der Waals surface area contributed by atoms with Gasteiger partial charge in [0.25, 0.3) is 0 Å². The van der Waals surface area contributed by atoms with Gasteiger partial charge in [-0.25, -0.2) is 0 Å². The second-order valence-electron chi connectivity index (χ2n) is 2.26. The van der Waals surface area contributed by atoms with Gasteiger partial charge in [-0.05, 0) is 6.92 Å². The molecule has 1 aliphatic rings. The van der Waals surface area contributed by atoms with Crippen molar-refractivity contribution in [3.8, 4) is 0 Å². The highest BCUT2D eigenvalue weighted by molar-refractivity contribution is 4.92. The zero-order valence-electron chi connectivity index (χ0n) is 3.99. The summed E-state index contributed by atoms with van der Waals surface area (Å²) >= 11 is 0. The van der Waals surface area contributed by atoms with Crippen LogP contribution in [0.2, 0.25) is 0 Å². The molecule has 0 aromatic rings. The first kappa shape index (κ1) is 4.09. The predicted molar refractivity (Wildman–Crippen MR) is 25.5 cm³/mol. The van der Waals surface area contributed by atoms with Gasteiger partial charge in [-0.1, -0.05) is 0 Å². The molecular weight excluding hydrogens is 76.1 g/mol. The predicted octanol–water partition coefficient (Wildman–Crippen LogP) is -0.693. The van der Waals surface area contributed by atoms with E-state index in [0.717, 1.165) is 13.1 Å². The van der Waals surface area contributed by atoms with Gasteiger partial charge in [0.2, 0.25) is 0 Å². The fourth-order valence-electron chi connectivity index (χ4n) is 0.519. The van der Waals surface area contributed by atoms with E-state index in [1.807, 2.05) is 6.92 Å². The maximum absolute atomic E-state index is 5.56. The van der Waals surface area contributed by atoms with Gasteiger partial charge in [0.05, 0.1) is 0 Å². The van der Waals surface area contributed by atoms with Crippen molar-refractivity contribution >= 4 is 0 Å². The molecule has 1 aliphatic heterocycles. The minimum Gasteiger partial charge on any atom is -0.323 e. The van der Waals surface area contributed by atoms with Gasteiger partial charge in [0.1, 0.15) is 0 Å². The molecule has 0 bridgehead atoms. The minimum atomic E-state index is 0.111. The second kappa shape index (κ2) is 0.950. The first-order valence-electron chi connectivity index (χ1n) is 2.20. The van der Waals surface area contributed by atoms with Crippen LogP contribution in [0.5, 0.6) is 0 Å². The number of rotatable bonds is 0. The van der Waals surface area contributed by atoms with E-state index in [-0.39, 0.29) is 5.54 Å². The van der Waals surface area contributed by atoms with Crippen LogP contribution in [-0.4, -0.2) is 18.6 Å². The van der Waals surface area contributed by atoms with Gasteiger partial charge in [0.15, 0.2) is 0 Å². The summed E-state index contributed by atoms with van der Waals surface area (Å²) in [6.07, 6.45) is 0. The highest BCUT2D eigenvalue weighted by Crippen LogP contribution is 2.01. The van der Waals surface area contributed by atoms with Crippen LogP contribution in [0.1, 0.15) is 6.92 Å². The van der Waals surface area contributed by atoms with Gasteiger partial charge in [0, 0.05) is 18.6 Å². The van der Waals surface area contributed by atoms with Crippen LogP contribution in [0.3, 0.4) is 0 Å². The summed E-state index contributed by atoms with van der Waals surface area (Å²) in [5.74, 6) is 0. The summed E-state index contributed by atoms with van der Waals surface area (Å²) < 4.78 is 0. The van der Waals surface area contributed by atoms with Gasteiger partial charge in [-0.15, -0.1) is 0 Å². The lowest BCUT2D eigenvalue weighted by atomic mass is 9.98. The van der Waals surface area contributed by atoms with E-state index in [0.29, 0.717) is 0 Å². The second-order valence-corrected chi connectivity index (χ2v) is 2.26. The Morgan fingerprint density at radius 2 is 2.00 bits per heavy atom. The van der Waals surface area contributed by atoms with Crippen LogP contribution >= 0.6 is 0 Å². The molecule has 0 unspecified atom stereocenters. The Labute approximate surface area is 37.7 Å². The largest absolute Gasteiger partial charge is 0.323 e. The van der Waals surface area contributed by atoms with Crippen LogP contribution in [0, 0.1) is 0 Å². The zero-order chi connectivity index (χ0) is 4.62. The van der Waals surface area contributed by atoms with Crippen LogP contribution in [0.25, 0.3) is 0 Å². The molecule has 2 nitrogen and oxygen atoms in total. The third-order valence-electron chi connectivity index (χ3n) is 1.06. The maximum Gasteiger partial charge on any atom is 0.0378 e. The molecule has 0 radical (unpaired) electrons. The van der Waals surface area contributed by atoms with E-state index in [1.54, 1.807) is 0 Å². The van der Waals surface area contributed by atoms with E-state index in [4.69, 9.17) is 5.73 Å². The average molecular weight is 86.1 g/mol. The summed E-state index contributed by atoms with van der Waals surface area (Å²) in [7, 11) is 0. The highest BCUT2D eigenvalue weighted by atomic mass is 15.1.